The van der Waals surface area contributed by atoms with E-state index in [9.17, 15) is 9.90 Å². The summed E-state index contributed by atoms with van der Waals surface area (Å²) in [7, 11) is 0. The number of aliphatic hydroxyl groups is 1. The van der Waals surface area contributed by atoms with Gasteiger partial charge in [0.25, 0.3) is 5.89 Å². The van der Waals surface area contributed by atoms with Crippen molar-refractivity contribution < 1.29 is 19.2 Å². The molecule has 2 aromatic carbocycles. The summed E-state index contributed by atoms with van der Waals surface area (Å²) in [5.41, 5.74) is 2.34. The van der Waals surface area contributed by atoms with Crippen molar-refractivity contribution >= 4 is 23.2 Å². The topological polar surface area (TPSA) is 148 Å². The summed E-state index contributed by atoms with van der Waals surface area (Å²) in [6.45, 7) is 3.29. The van der Waals surface area contributed by atoms with Gasteiger partial charge in [0.2, 0.25) is 17.6 Å². The molecule has 0 fully saturated rings. The van der Waals surface area contributed by atoms with E-state index in [1.165, 1.54) is 0 Å². The van der Waals surface area contributed by atoms with Gasteiger partial charge in [0.15, 0.2) is 5.60 Å². The number of carbonyl (C=O) groups is 1. The van der Waals surface area contributed by atoms with Crippen LogP contribution in [0.4, 0.5) is 17.5 Å². The lowest BCUT2D eigenvalue weighted by molar-refractivity contribution is 0.0684. The molecule has 0 radical (unpaired) electrons. The number of hydrogen-bond acceptors (Lipinski definition) is 11. The Balaban J connectivity index is 1.35. The third kappa shape index (κ3) is 4.85. The molecule has 0 amide bonds. The number of Topliss-reactive ketones (excluding diaryl/α,β-unsaturated/α-hetero) is 1. The van der Waals surface area contributed by atoms with Gasteiger partial charge in [0, 0.05) is 35.9 Å². The number of hydrogen-bond donors (Lipinski definition) is 3. The maximum atomic E-state index is 12.5. The summed E-state index contributed by atoms with van der Waals surface area (Å²) in [5.74, 6) is 1.67. The van der Waals surface area contributed by atoms with E-state index < -0.39 is 11.6 Å². The summed E-state index contributed by atoms with van der Waals surface area (Å²) >= 11 is 0. The van der Waals surface area contributed by atoms with Crippen LogP contribution in [0.3, 0.4) is 0 Å². The minimum absolute atomic E-state index is 0.0669. The van der Waals surface area contributed by atoms with E-state index in [4.69, 9.17) is 9.26 Å². The van der Waals surface area contributed by atoms with Gasteiger partial charge in [-0.15, -0.1) is 0 Å². The monoisotopic (exact) mass is 535 g/mol. The minimum atomic E-state index is -0.911. The lowest BCUT2D eigenvalue weighted by atomic mass is 10.00. The average molecular weight is 536 g/mol. The van der Waals surface area contributed by atoms with Crippen LogP contribution in [-0.4, -0.2) is 48.2 Å². The van der Waals surface area contributed by atoms with E-state index in [-0.39, 0.29) is 24.2 Å². The van der Waals surface area contributed by atoms with Crippen molar-refractivity contribution in [1.82, 2.24) is 25.1 Å². The van der Waals surface area contributed by atoms with Gasteiger partial charge in [-0.2, -0.15) is 9.97 Å². The van der Waals surface area contributed by atoms with Gasteiger partial charge in [-0.05, 0) is 43.7 Å². The number of pyridine rings is 1. The van der Waals surface area contributed by atoms with Crippen molar-refractivity contribution in [2.75, 3.05) is 17.2 Å². The van der Waals surface area contributed by atoms with Gasteiger partial charge in [-0.1, -0.05) is 35.5 Å². The Hall–Kier alpha value is -5.16. The zero-order valence-electron chi connectivity index (χ0n) is 21.7. The van der Waals surface area contributed by atoms with Crippen LogP contribution in [0.5, 0.6) is 5.75 Å². The Morgan fingerprint density at radius 3 is 2.58 bits per heavy atom. The first-order chi connectivity index (χ1) is 19.4. The molecule has 0 spiro atoms. The van der Waals surface area contributed by atoms with Crippen LogP contribution in [0.25, 0.3) is 22.8 Å². The van der Waals surface area contributed by atoms with Gasteiger partial charge < -0.3 is 25.0 Å². The lowest BCUT2D eigenvalue weighted by Crippen LogP contribution is -2.31. The van der Waals surface area contributed by atoms with Crippen LogP contribution >= 0.6 is 0 Å². The minimum Gasteiger partial charge on any atom is -0.479 e. The molecular weight excluding hydrogens is 510 g/mol. The van der Waals surface area contributed by atoms with Gasteiger partial charge in [0.05, 0.1) is 18.2 Å². The molecule has 40 heavy (non-hydrogen) atoms. The molecule has 1 aliphatic heterocycles. The van der Waals surface area contributed by atoms with Crippen LogP contribution in [0, 0.1) is 0 Å². The fraction of sp³-hybridized carbons (Fsp3) is 0.172. The molecule has 0 bridgehead atoms. The first kappa shape index (κ1) is 25.1. The third-order valence-corrected chi connectivity index (χ3v) is 6.47. The number of nitrogens with zero attached hydrogens (tertiary/aromatic N) is 5. The fourth-order valence-electron chi connectivity index (χ4n) is 4.39. The first-order valence-corrected chi connectivity index (χ1v) is 12.6. The van der Waals surface area contributed by atoms with Crippen molar-refractivity contribution in [3.8, 4) is 28.6 Å². The van der Waals surface area contributed by atoms with Crippen molar-refractivity contribution in [1.29, 1.82) is 0 Å². The van der Waals surface area contributed by atoms with E-state index in [1.54, 1.807) is 62.8 Å². The fourth-order valence-corrected chi connectivity index (χ4v) is 4.39. The van der Waals surface area contributed by atoms with Crippen molar-refractivity contribution in [3.05, 3.63) is 90.4 Å². The third-order valence-electron chi connectivity index (χ3n) is 6.47. The summed E-state index contributed by atoms with van der Waals surface area (Å²) in [6.07, 6.45) is 4.86. The quantitative estimate of drug-likeness (QED) is 0.251. The van der Waals surface area contributed by atoms with E-state index in [2.05, 4.69) is 35.7 Å². The second-order valence-electron chi connectivity index (χ2n) is 9.68. The normalized spacial score (nSPS) is 14.3. The van der Waals surface area contributed by atoms with Crippen LogP contribution in [0.2, 0.25) is 0 Å². The standard InChI is InChI=1S/C29H25N7O4/c1-29(2)24(38)20-9-8-19(14-23(20)39-29)32-28-31-15-21(27-34-25(36-40-27)18-10-12-30-13-11-18)26(35-28)33-22(16-37)17-6-4-3-5-7-17/h3-15,22,37H,16H2,1-2H3,(H2,31,32,33,35)/t22-/m1/s1. The van der Waals surface area contributed by atoms with Crippen LogP contribution in [0.15, 0.2) is 83.8 Å². The number of aliphatic hydroxyl groups excluding tert-OH is 1. The number of nitrogens with one attached hydrogen (secondary N) is 2. The second kappa shape index (κ2) is 10.2. The van der Waals surface area contributed by atoms with E-state index in [0.717, 1.165) is 11.1 Å². The van der Waals surface area contributed by atoms with Gasteiger partial charge in [0.1, 0.15) is 17.1 Å². The smallest absolute Gasteiger partial charge is 0.263 e. The lowest BCUT2D eigenvalue weighted by Gasteiger charge is -2.19. The number of rotatable bonds is 8. The first-order valence-electron chi connectivity index (χ1n) is 12.6. The number of carbonyl (C=O) groups excluding carboxylic acids is 1. The number of aromatic nitrogens is 5. The molecular formula is C29H25N7O4. The number of ketones is 1. The summed E-state index contributed by atoms with van der Waals surface area (Å²) in [5, 5.41) is 20.8. The predicted molar refractivity (Wildman–Crippen MR) is 147 cm³/mol. The maximum Gasteiger partial charge on any atom is 0.263 e. The number of fused-ring (bicyclic) bond motifs is 1. The van der Waals surface area contributed by atoms with E-state index in [1.807, 2.05) is 30.3 Å². The maximum absolute atomic E-state index is 12.5. The summed E-state index contributed by atoms with van der Waals surface area (Å²) in [6, 6.07) is 17.9. The number of benzene rings is 2. The average Bonchev–Trinajstić information content (AvgIpc) is 3.55. The molecule has 6 rings (SSSR count). The largest absolute Gasteiger partial charge is 0.479 e. The van der Waals surface area contributed by atoms with Gasteiger partial charge in [-0.3, -0.25) is 9.78 Å². The molecule has 3 N–H and O–H groups in total. The molecule has 5 aromatic rings. The summed E-state index contributed by atoms with van der Waals surface area (Å²) < 4.78 is 11.4. The van der Waals surface area contributed by atoms with Gasteiger partial charge >= 0.3 is 0 Å². The summed E-state index contributed by atoms with van der Waals surface area (Å²) in [4.78, 5) is 30.2. The van der Waals surface area contributed by atoms with Crippen LogP contribution in [-0.2, 0) is 0 Å². The molecule has 0 aliphatic carbocycles. The Labute approximate surface area is 229 Å². The molecule has 1 atom stereocenters. The number of anilines is 3. The molecule has 0 saturated carbocycles. The molecule has 0 unspecified atom stereocenters. The highest BCUT2D eigenvalue weighted by atomic mass is 16.5. The van der Waals surface area contributed by atoms with Gasteiger partial charge in [-0.25, -0.2) is 4.98 Å². The number of ether oxygens (including phenoxy) is 1. The van der Waals surface area contributed by atoms with Crippen LogP contribution < -0.4 is 15.4 Å². The van der Waals surface area contributed by atoms with E-state index >= 15 is 0 Å². The molecule has 11 heteroatoms. The van der Waals surface area contributed by atoms with Crippen molar-refractivity contribution in [2.45, 2.75) is 25.5 Å². The van der Waals surface area contributed by atoms with Crippen molar-refractivity contribution in [3.63, 3.8) is 0 Å². The second-order valence-corrected chi connectivity index (χ2v) is 9.68. The highest BCUT2D eigenvalue weighted by molar-refractivity contribution is 6.07. The SMILES string of the molecule is CC1(C)Oc2cc(Nc3ncc(-c4nc(-c5ccncc5)no4)c(N[C@H](CO)c4ccccc4)n3)ccc2C1=O. The Morgan fingerprint density at radius 1 is 1.00 bits per heavy atom. The molecule has 200 valence electrons. The molecule has 11 nitrogen and oxygen atoms in total. The molecule has 1 aliphatic rings. The zero-order valence-corrected chi connectivity index (χ0v) is 21.7. The molecule has 3 aromatic heterocycles. The Bertz CT molecular complexity index is 1670. The Morgan fingerprint density at radius 2 is 1.80 bits per heavy atom. The highest BCUT2D eigenvalue weighted by Gasteiger charge is 2.39. The molecule has 0 saturated heterocycles. The zero-order chi connectivity index (χ0) is 27.7. The molecule has 4 heterocycles. The highest BCUT2D eigenvalue weighted by Crippen LogP contribution is 2.37. The van der Waals surface area contributed by atoms with E-state index in [0.29, 0.717) is 34.2 Å². The predicted octanol–water partition coefficient (Wildman–Crippen LogP) is 4.83. The van der Waals surface area contributed by atoms with Crippen LogP contribution in [0.1, 0.15) is 35.8 Å². The Kier molecular flexibility index (Phi) is 6.40. The van der Waals surface area contributed by atoms with Crippen molar-refractivity contribution in [2.24, 2.45) is 0 Å².